The monoisotopic (exact) mass is 282 g/mol. The summed E-state index contributed by atoms with van der Waals surface area (Å²) in [5, 5.41) is -0.989. The molecule has 0 saturated carbocycles. The van der Waals surface area contributed by atoms with E-state index in [1.54, 1.807) is 0 Å². The first-order valence-corrected chi connectivity index (χ1v) is 5.31. The van der Waals surface area contributed by atoms with Crippen LogP contribution in [0.4, 0.5) is 13.2 Å². The smallest absolute Gasteiger partial charge is 0.496 e. The molecule has 100 valence electrons. The Labute approximate surface area is 106 Å². The van der Waals surface area contributed by atoms with Gasteiger partial charge in [0.25, 0.3) is 0 Å². The van der Waals surface area contributed by atoms with Crippen LogP contribution in [0.1, 0.15) is 17.3 Å². The maximum Gasteiger partial charge on any atom is 0.573 e. The number of halogens is 4. The number of carbonyl (C=O) groups is 1. The van der Waals surface area contributed by atoms with Crippen molar-refractivity contribution in [2.24, 2.45) is 0 Å². The van der Waals surface area contributed by atoms with Gasteiger partial charge in [-0.15, -0.1) is 24.8 Å². The van der Waals surface area contributed by atoms with E-state index in [1.165, 1.54) is 26.2 Å². The van der Waals surface area contributed by atoms with Gasteiger partial charge in [0.2, 0.25) is 0 Å². The average Bonchev–Trinajstić information content (AvgIpc) is 2.25. The summed E-state index contributed by atoms with van der Waals surface area (Å²) in [5.41, 5.74) is -0.320. The highest BCUT2D eigenvalue weighted by Gasteiger charge is 2.34. The van der Waals surface area contributed by atoms with Crippen molar-refractivity contribution in [3.8, 4) is 11.5 Å². The summed E-state index contributed by atoms with van der Waals surface area (Å²) >= 11 is 5.59. The molecule has 1 rings (SSSR count). The van der Waals surface area contributed by atoms with Gasteiger partial charge < -0.3 is 9.47 Å². The minimum atomic E-state index is -4.89. The summed E-state index contributed by atoms with van der Waals surface area (Å²) in [6.45, 7) is 1.35. The molecule has 0 N–H and O–H groups in total. The van der Waals surface area contributed by atoms with Crippen LogP contribution in [0.15, 0.2) is 18.2 Å². The van der Waals surface area contributed by atoms with Crippen molar-refractivity contribution in [3.05, 3.63) is 23.8 Å². The van der Waals surface area contributed by atoms with Gasteiger partial charge in [-0.1, -0.05) is 6.07 Å². The van der Waals surface area contributed by atoms with Gasteiger partial charge in [-0.25, -0.2) is 0 Å². The molecule has 0 bridgehead atoms. The van der Waals surface area contributed by atoms with Crippen molar-refractivity contribution in [1.82, 2.24) is 0 Å². The van der Waals surface area contributed by atoms with Gasteiger partial charge in [-0.3, -0.25) is 4.79 Å². The van der Waals surface area contributed by atoms with Crippen LogP contribution < -0.4 is 9.47 Å². The molecule has 0 radical (unpaired) electrons. The van der Waals surface area contributed by atoms with Crippen LogP contribution in [-0.2, 0) is 0 Å². The maximum absolute atomic E-state index is 12.2. The number of ketones is 1. The quantitative estimate of drug-likeness (QED) is 0.627. The normalized spacial score (nSPS) is 13.0. The molecule has 7 heteroatoms. The third kappa shape index (κ3) is 3.53. The lowest BCUT2D eigenvalue weighted by atomic mass is 10.1. The summed E-state index contributed by atoms with van der Waals surface area (Å²) < 4.78 is 45.3. The zero-order chi connectivity index (χ0) is 13.9. The van der Waals surface area contributed by atoms with E-state index in [1.807, 2.05) is 0 Å². The van der Waals surface area contributed by atoms with Crippen molar-refractivity contribution in [2.45, 2.75) is 18.7 Å². The Morgan fingerprint density at radius 1 is 1.33 bits per heavy atom. The Bertz CT molecular complexity index is 444. The van der Waals surface area contributed by atoms with Crippen molar-refractivity contribution < 1.29 is 27.4 Å². The molecule has 0 aliphatic carbocycles. The van der Waals surface area contributed by atoms with E-state index >= 15 is 0 Å². The Morgan fingerprint density at radius 3 is 2.33 bits per heavy atom. The van der Waals surface area contributed by atoms with Crippen LogP contribution in [0.5, 0.6) is 11.5 Å². The fraction of sp³-hybridized carbons (Fsp3) is 0.364. The molecule has 0 fully saturated rings. The molecule has 3 nitrogen and oxygen atoms in total. The molecule has 1 atom stereocenters. The highest BCUT2D eigenvalue weighted by Crippen LogP contribution is 2.33. The van der Waals surface area contributed by atoms with E-state index < -0.39 is 23.3 Å². The molecule has 0 saturated heterocycles. The number of rotatable bonds is 4. The molecule has 1 unspecified atom stereocenters. The molecule has 0 heterocycles. The van der Waals surface area contributed by atoms with Crippen molar-refractivity contribution in [3.63, 3.8) is 0 Å². The van der Waals surface area contributed by atoms with Crippen LogP contribution >= 0.6 is 11.6 Å². The van der Waals surface area contributed by atoms with E-state index in [4.69, 9.17) is 16.3 Å². The lowest BCUT2D eigenvalue weighted by Gasteiger charge is -2.15. The van der Waals surface area contributed by atoms with Crippen LogP contribution in [0, 0.1) is 0 Å². The number of methoxy groups -OCH3 is 1. The molecule has 0 aliphatic heterocycles. The molecule has 18 heavy (non-hydrogen) atoms. The summed E-state index contributed by atoms with van der Waals surface area (Å²) in [5.74, 6) is -1.35. The predicted octanol–water partition coefficient (Wildman–Crippen LogP) is 3.40. The summed E-state index contributed by atoms with van der Waals surface area (Å²) in [4.78, 5) is 11.8. The number of Topliss-reactive ketones (excluding diaryl/α,β-unsaturated/α-hetero) is 1. The zero-order valence-corrected chi connectivity index (χ0v) is 10.3. The van der Waals surface area contributed by atoms with E-state index in [2.05, 4.69) is 4.74 Å². The maximum atomic E-state index is 12.2. The van der Waals surface area contributed by atoms with Gasteiger partial charge in [0.15, 0.2) is 5.78 Å². The Balaban J connectivity index is 3.29. The standard InChI is InChI=1S/C11H10ClF3O3/c1-6(12)10(16)9-7(17-2)4-3-5-8(9)18-11(13,14)15/h3-6H,1-2H3. The Morgan fingerprint density at radius 2 is 1.89 bits per heavy atom. The first kappa shape index (κ1) is 14.6. The number of ether oxygens (including phenoxy) is 2. The van der Waals surface area contributed by atoms with Gasteiger partial charge in [0.05, 0.1) is 12.5 Å². The van der Waals surface area contributed by atoms with Crippen LogP contribution in [0.3, 0.4) is 0 Å². The van der Waals surface area contributed by atoms with Crippen LogP contribution in [-0.4, -0.2) is 24.6 Å². The first-order valence-electron chi connectivity index (χ1n) is 4.87. The highest BCUT2D eigenvalue weighted by molar-refractivity contribution is 6.34. The van der Waals surface area contributed by atoms with Crippen LogP contribution in [0.2, 0.25) is 0 Å². The molecule has 1 aromatic rings. The largest absolute Gasteiger partial charge is 0.573 e. The van der Waals surface area contributed by atoms with E-state index in [9.17, 15) is 18.0 Å². The molecule has 0 aliphatic rings. The number of hydrogen-bond acceptors (Lipinski definition) is 3. The average molecular weight is 283 g/mol. The van der Waals surface area contributed by atoms with Crippen molar-refractivity contribution >= 4 is 17.4 Å². The molecule has 0 spiro atoms. The second-order valence-electron chi connectivity index (χ2n) is 3.36. The van der Waals surface area contributed by atoms with Gasteiger partial charge >= 0.3 is 6.36 Å². The SMILES string of the molecule is COc1cccc(OC(F)(F)F)c1C(=O)C(C)Cl. The summed E-state index contributed by atoms with van der Waals surface area (Å²) in [7, 11) is 1.24. The van der Waals surface area contributed by atoms with Crippen molar-refractivity contribution in [2.75, 3.05) is 7.11 Å². The Hall–Kier alpha value is -1.43. The third-order valence-corrected chi connectivity index (χ3v) is 2.24. The number of hydrogen-bond donors (Lipinski definition) is 0. The summed E-state index contributed by atoms with van der Waals surface area (Å²) in [6, 6.07) is 3.67. The molecule has 0 amide bonds. The number of carbonyl (C=O) groups excluding carboxylic acids is 1. The van der Waals surface area contributed by atoms with E-state index in [-0.39, 0.29) is 11.3 Å². The van der Waals surface area contributed by atoms with Gasteiger partial charge in [0.1, 0.15) is 17.1 Å². The fourth-order valence-corrected chi connectivity index (χ4v) is 1.44. The number of benzene rings is 1. The van der Waals surface area contributed by atoms with E-state index in [0.29, 0.717) is 0 Å². The Kier molecular flexibility index (Phi) is 4.45. The lowest BCUT2D eigenvalue weighted by molar-refractivity contribution is -0.274. The minimum absolute atomic E-state index is 0.0192. The van der Waals surface area contributed by atoms with Gasteiger partial charge in [0, 0.05) is 0 Å². The minimum Gasteiger partial charge on any atom is -0.496 e. The lowest BCUT2D eigenvalue weighted by Crippen LogP contribution is -2.21. The molecule has 1 aromatic carbocycles. The second-order valence-corrected chi connectivity index (χ2v) is 4.02. The zero-order valence-electron chi connectivity index (χ0n) is 9.55. The molecule has 0 aromatic heterocycles. The molecular weight excluding hydrogens is 273 g/mol. The fourth-order valence-electron chi connectivity index (χ4n) is 1.33. The topological polar surface area (TPSA) is 35.5 Å². The summed E-state index contributed by atoms with van der Waals surface area (Å²) in [6.07, 6.45) is -4.89. The van der Waals surface area contributed by atoms with Gasteiger partial charge in [-0.05, 0) is 19.1 Å². The van der Waals surface area contributed by atoms with E-state index in [0.717, 1.165) is 6.07 Å². The molecular formula is C11H10ClF3O3. The highest BCUT2D eigenvalue weighted by atomic mass is 35.5. The van der Waals surface area contributed by atoms with Gasteiger partial charge in [-0.2, -0.15) is 0 Å². The number of alkyl halides is 4. The first-order chi connectivity index (χ1) is 8.26. The third-order valence-electron chi connectivity index (χ3n) is 2.04. The second kappa shape index (κ2) is 5.48. The van der Waals surface area contributed by atoms with Crippen molar-refractivity contribution in [1.29, 1.82) is 0 Å². The van der Waals surface area contributed by atoms with Crippen LogP contribution in [0.25, 0.3) is 0 Å². The predicted molar refractivity (Wildman–Crippen MR) is 59.3 cm³/mol.